The summed E-state index contributed by atoms with van der Waals surface area (Å²) in [6, 6.07) is 8.43. The number of halogens is 2. The van der Waals surface area contributed by atoms with Gasteiger partial charge in [-0.3, -0.25) is 4.79 Å². The van der Waals surface area contributed by atoms with E-state index < -0.39 is 21.7 Å². The van der Waals surface area contributed by atoms with Crippen LogP contribution in [0, 0.1) is 17.6 Å². The van der Waals surface area contributed by atoms with Crippen LogP contribution in [0.4, 0.5) is 13.9 Å². The second kappa shape index (κ2) is 8.81. The van der Waals surface area contributed by atoms with E-state index in [0.29, 0.717) is 24.0 Å². The number of hydrogen-bond acceptors (Lipinski definition) is 6. The number of piperidine rings is 1. The fraction of sp³-hybridized carbons (Fsp3) is 0.300. The summed E-state index contributed by atoms with van der Waals surface area (Å²) in [7, 11) is -3.95. The molecule has 0 radical (unpaired) electrons. The van der Waals surface area contributed by atoms with Gasteiger partial charge in [-0.05, 0) is 55.5 Å². The minimum Gasteiger partial charge on any atom is -0.302 e. The standard InChI is InChI=1S/C20H19F2N3O3S3/c1-29-13-2-5-17-18(10-13)30-20(23-17)24-19(26)12-6-8-25(9-7-12)31(27,28)14-3-4-15(21)16(22)11-14/h2-5,10-12H,6-9H2,1H3,(H,23,24,26). The van der Waals surface area contributed by atoms with Crippen molar-refractivity contribution in [2.75, 3.05) is 24.7 Å². The van der Waals surface area contributed by atoms with Gasteiger partial charge in [-0.25, -0.2) is 22.2 Å². The summed E-state index contributed by atoms with van der Waals surface area (Å²) in [6.07, 6.45) is 2.65. The Hall–Kier alpha value is -2.08. The Morgan fingerprint density at radius 2 is 1.90 bits per heavy atom. The lowest BCUT2D eigenvalue weighted by Crippen LogP contribution is -2.41. The molecule has 1 aromatic heterocycles. The van der Waals surface area contributed by atoms with Gasteiger partial charge in [-0.2, -0.15) is 4.31 Å². The molecule has 4 rings (SSSR count). The summed E-state index contributed by atoms with van der Waals surface area (Å²) >= 11 is 3.02. The molecule has 1 aliphatic heterocycles. The molecule has 6 nitrogen and oxygen atoms in total. The summed E-state index contributed by atoms with van der Waals surface area (Å²) in [5.41, 5.74) is 0.811. The maximum absolute atomic E-state index is 13.5. The van der Waals surface area contributed by atoms with Gasteiger partial charge >= 0.3 is 0 Å². The summed E-state index contributed by atoms with van der Waals surface area (Å²) in [6.45, 7) is 0.243. The highest BCUT2D eigenvalue weighted by molar-refractivity contribution is 7.98. The van der Waals surface area contributed by atoms with Crippen molar-refractivity contribution in [2.24, 2.45) is 5.92 Å². The van der Waals surface area contributed by atoms with Crippen molar-refractivity contribution in [2.45, 2.75) is 22.6 Å². The highest BCUT2D eigenvalue weighted by atomic mass is 32.2. The lowest BCUT2D eigenvalue weighted by atomic mass is 9.97. The van der Waals surface area contributed by atoms with Crippen molar-refractivity contribution in [1.29, 1.82) is 0 Å². The monoisotopic (exact) mass is 483 g/mol. The van der Waals surface area contributed by atoms with E-state index in [-0.39, 0.29) is 29.8 Å². The van der Waals surface area contributed by atoms with Crippen LogP contribution in [0.25, 0.3) is 10.2 Å². The molecule has 11 heteroatoms. The average Bonchev–Trinajstić information content (AvgIpc) is 3.16. The van der Waals surface area contributed by atoms with Gasteiger partial charge in [0.05, 0.1) is 15.1 Å². The maximum atomic E-state index is 13.5. The number of nitrogens with zero attached hydrogens (tertiary/aromatic N) is 2. The Morgan fingerprint density at radius 1 is 1.16 bits per heavy atom. The zero-order valence-electron chi connectivity index (χ0n) is 16.5. The molecule has 1 saturated heterocycles. The minimum absolute atomic E-state index is 0.121. The highest BCUT2D eigenvalue weighted by Gasteiger charge is 2.32. The molecule has 1 fully saturated rings. The molecule has 0 saturated carbocycles. The number of hydrogen-bond donors (Lipinski definition) is 1. The van der Waals surface area contributed by atoms with Gasteiger partial charge in [0.15, 0.2) is 16.8 Å². The molecule has 1 aliphatic rings. The Morgan fingerprint density at radius 3 is 2.58 bits per heavy atom. The predicted molar refractivity (Wildman–Crippen MR) is 118 cm³/mol. The molecule has 0 spiro atoms. The third-order valence-electron chi connectivity index (χ3n) is 5.18. The number of rotatable bonds is 5. The number of anilines is 1. The second-order valence-electron chi connectivity index (χ2n) is 7.10. The number of benzene rings is 2. The molecule has 0 bridgehead atoms. The fourth-order valence-electron chi connectivity index (χ4n) is 3.44. The first-order valence-electron chi connectivity index (χ1n) is 9.48. The van der Waals surface area contributed by atoms with E-state index in [0.717, 1.165) is 27.2 Å². The summed E-state index contributed by atoms with van der Waals surface area (Å²) in [5, 5.41) is 3.35. The van der Waals surface area contributed by atoms with Crippen LogP contribution in [0.3, 0.4) is 0 Å². The molecular formula is C20H19F2N3O3S3. The van der Waals surface area contributed by atoms with E-state index in [1.165, 1.54) is 15.6 Å². The SMILES string of the molecule is CSc1ccc2nc(NC(=O)C3CCN(S(=O)(=O)c4ccc(F)c(F)c4)CC3)sc2c1. The van der Waals surface area contributed by atoms with Crippen LogP contribution in [0.15, 0.2) is 46.2 Å². The Bertz CT molecular complexity index is 1240. The molecule has 164 valence electrons. The third-order valence-corrected chi connectivity index (χ3v) is 8.73. The Labute approximate surface area is 186 Å². The maximum Gasteiger partial charge on any atom is 0.243 e. The molecule has 2 aromatic carbocycles. The highest BCUT2D eigenvalue weighted by Crippen LogP contribution is 2.31. The van der Waals surface area contributed by atoms with E-state index in [1.807, 2.05) is 24.5 Å². The number of thioether (sulfide) groups is 1. The van der Waals surface area contributed by atoms with Crippen molar-refractivity contribution in [3.63, 3.8) is 0 Å². The van der Waals surface area contributed by atoms with Crippen LogP contribution in [-0.2, 0) is 14.8 Å². The van der Waals surface area contributed by atoms with E-state index in [2.05, 4.69) is 10.3 Å². The molecule has 2 heterocycles. The van der Waals surface area contributed by atoms with Gasteiger partial charge < -0.3 is 5.32 Å². The van der Waals surface area contributed by atoms with Crippen molar-refractivity contribution in [3.8, 4) is 0 Å². The van der Waals surface area contributed by atoms with Gasteiger partial charge in [0.1, 0.15) is 0 Å². The van der Waals surface area contributed by atoms with Crippen molar-refractivity contribution in [1.82, 2.24) is 9.29 Å². The smallest absolute Gasteiger partial charge is 0.243 e. The zero-order chi connectivity index (χ0) is 22.2. The molecule has 1 N–H and O–H groups in total. The zero-order valence-corrected chi connectivity index (χ0v) is 18.9. The second-order valence-corrected chi connectivity index (χ2v) is 10.9. The number of sulfonamides is 1. The molecule has 0 unspecified atom stereocenters. The number of nitrogens with one attached hydrogen (secondary N) is 1. The molecule has 1 amide bonds. The van der Waals surface area contributed by atoms with Crippen molar-refractivity contribution < 1.29 is 22.0 Å². The van der Waals surface area contributed by atoms with Crippen LogP contribution >= 0.6 is 23.1 Å². The van der Waals surface area contributed by atoms with Crippen LogP contribution in [0.1, 0.15) is 12.8 Å². The lowest BCUT2D eigenvalue weighted by molar-refractivity contribution is -0.120. The van der Waals surface area contributed by atoms with Crippen molar-refractivity contribution in [3.05, 3.63) is 48.0 Å². The van der Waals surface area contributed by atoms with E-state index >= 15 is 0 Å². The van der Waals surface area contributed by atoms with Crippen LogP contribution in [0.2, 0.25) is 0 Å². The number of thiazole rings is 1. The summed E-state index contributed by atoms with van der Waals surface area (Å²) in [4.78, 5) is 17.9. The van der Waals surface area contributed by atoms with E-state index in [4.69, 9.17) is 0 Å². The number of fused-ring (bicyclic) bond motifs is 1. The average molecular weight is 484 g/mol. The van der Waals surface area contributed by atoms with Gasteiger partial charge in [0, 0.05) is 23.9 Å². The van der Waals surface area contributed by atoms with Crippen LogP contribution in [-0.4, -0.2) is 43.0 Å². The fourth-order valence-corrected chi connectivity index (χ4v) is 6.34. The Balaban J connectivity index is 1.40. The molecule has 0 aliphatic carbocycles. The van der Waals surface area contributed by atoms with Crippen molar-refractivity contribution >= 4 is 54.4 Å². The normalized spacial score (nSPS) is 16.0. The first-order valence-corrected chi connectivity index (χ1v) is 13.0. The topological polar surface area (TPSA) is 79.4 Å². The number of carbonyl (C=O) groups is 1. The first-order chi connectivity index (χ1) is 14.8. The van der Waals surface area contributed by atoms with E-state index in [9.17, 15) is 22.0 Å². The van der Waals surface area contributed by atoms with Crippen LogP contribution in [0.5, 0.6) is 0 Å². The van der Waals surface area contributed by atoms with Gasteiger partial charge in [-0.15, -0.1) is 11.8 Å². The predicted octanol–water partition coefficient (Wildman–Crippen LogP) is 4.34. The van der Waals surface area contributed by atoms with E-state index in [1.54, 1.807) is 11.8 Å². The third kappa shape index (κ3) is 4.59. The summed E-state index contributed by atoms with van der Waals surface area (Å²) in [5.74, 6) is -2.87. The summed E-state index contributed by atoms with van der Waals surface area (Å²) < 4.78 is 54.1. The lowest BCUT2D eigenvalue weighted by Gasteiger charge is -2.30. The van der Waals surface area contributed by atoms with Gasteiger partial charge in [0.25, 0.3) is 0 Å². The first kappa shape index (κ1) is 22.1. The van der Waals surface area contributed by atoms with Gasteiger partial charge in [-0.1, -0.05) is 11.3 Å². The molecular weight excluding hydrogens is 464 g/mol. The largest absolute Gasteiger partial charge is 0.302 e. The van der Waals surface area contributed by atoms with Crippen LogP contribution < -0.4 is 5.32 Å². The van der Waals surface area contributed by atoms with Gasteiger partial charge in [0.2, 0.25) is 15.9 Å². The number of carbonyl (C=O) groups excluding carboxylic acids is 1. The minimum atomic E-state index is -3.95. The Kier molecular flexibility index (Phi) is 6.29. The number of aromatic nitrogens is 1. The number of amides is 1. The molecule has 31 heavy (non-hydrogen) atoms. The molecule has 3 aromatic rings. The quantitative estimate of drug-likeness (QED) is 0.547. The molecule has 0 atom stereocenters.